The van der Waals surface area contributed by atoms with E-state index in [1.54, 1.807) is 30.3 Å². The van der Waals surface area contributed by atoms with Crippen molar-refractivity contribution in [2.24, 2.45) is 5.92 Å². The molecule has 4 rings (SSSR count). The first-order chi connectivity index (χ1) is 21.9. The molecule has 45 heavy (non-hydrogen) atoms. The summed E-state index contributed by atoms with van der Waals surface area (Å²) in [5.74, 6) is 0.299. The smallest absolute Gasteiger partial charge is 0.328 e. The number of anilines is 2. The van der Waals surface area contributed by atoms with Crippen LogP contribution in [-0.2, 0) is 20.7 Å². The summed E-state index contributed by atoms with van der Waals surface area (Å²) < 4.78 is 11.1. The SMILES string of the molecule is CCC(CC)C(=O)N(CCCOc1ccc(CC(Nc2ccccc2C(=O)c2ccccc2)C(=O)OC)cc1)c1ccccc1. The minimum absolute atomic E-state index is 0.000181. The number of methoxy groups -OCH3 is 1. The Morgan fingerprint density at radius 1 is 0.778 bits per heavy atom. The number of esters is 1. The quantitative estimate of drug-likeness (QED) is 0.0816. The molecule has 7 nitrogen and oxygen atoms in total. The molecule has 234 valence electrons. The van der Waals surface area contributed by atoms with Crippen molar-refractivity contribution in [2.45, 2.75) is 45.6 Å². The number of amides is 1. The molecule has 1 amide bonds. The molecule has 0 heterocycles. The number of nitrogens with zero attached hydrogens (tertiary/aromatic N) is 1. The molecule has 0 aliphatic heterocycles. The van der Waals surface area contributed by atoms with Gasteiger partial charge in [0.2, 0.25) is 5.91 Å². The fourth-order valence-corrected chi connectivity index (χ4v) is 5.28. The van der Waals surface area contributed by atoms with Gasteiger partial charge in [-0.2, -0.15) is 0 Å². The lowest BCUT2D eigenvalue weighted by molar-refractivity contribution is -0.141. The molecule has 1 unspecified atom stereocenters. The Hall–Kier alpha value is -4.91. The van der Waals surface area contributed by atoms with Gasteiger partial charge in [0, 0.05) is 41.4 Å². The zero-order chi connectivity index (χ0) is 32.0. The van der Waals surface area contributed by atoms with Gasteiger partial charge in [-0.05, 0) is 61.2 Å². The van der Waals surface area contributed by atoms with Crippen molar-refractivity contribution in [2.75, 3.05) is 30.5 Å². The second-order valence-corrected chi connectivity index (χ2v) is 10.8. The predicted molar refractivity (Wildman–Crippen MR) is 179 cm³/mol. The van der Waals surface area contributed by atoms with Crippen LogP contribution in [0.2, 0.25) is 0 Å². The standard InChI is InChI=1S/C38H42N2O5/c1-4-29(5-2)37(42)40(31-17-10-7-11-18-31)25-14-26-45-32-23-21-28(22-24-32)27-35(38(43)44-3)39-34-20-13-12-19-33(34)36(41)30-15-8-6-9-16-30/h6-13,15-24,29,35,39H,4-5,14,25-27H2,1-3H3. The van der Waals surface area contributed by atoms with Gasteiger partial charge in [-0.1, -0.05) is 86.6 Å². The molecular formula is C38H42N2O5. The second kappa shape index (κ2) is 16.8. The van der Waals surface area contributed by atoms with Crippen molar-refractivity contribution in [3.63, 3.8) is 0 Å². The minimum Gasteiger partial charge on any atom is -0.494 e. The average Bonchev–Trinajstić information content (AvgIpc) is 3.09. The van der Waals surface area contributed by atoms with Crippen LogP contribution < -0.4 is 15.0 Å². The van der Waals surface area contributed by atoms with Gasteiger partial charge in [-0.15, -0.1) is 0 Å². The van der Waals surface area contributed by atoms with Crippen molar-refractivity contribution in [3.8, 4) is 5.75 Å². The molecule has 0 spiro atoms. The Morgan fingerprint density at radius 2 is 1.40 bits per heavy atom. The number of benzene rings is 4. The van der Waals surface area contributed by atoms with Crippen LogP contribution in [0.25, 0.3) is 0 Å². The third-order valence-corrected chi connectivity index (χ3v) is 7.85. The Morgan fingerprint density at radius 3 is 2.04 bits per heavy atom. The number of carbonyl (C=O) groups is 3. The number of hydrogen-bond acceptors (Lipinski definition) is 6. The summed E-state index contributed by atoms with van der Waals surface area (Å²) in [6.07, 6.45) is 2.65. The summed E-state index contributed by atoms with van der Waals surface area (Å²) in [6.45, 7) is 5.13. The summed E-state index contributed by atoms with van der Waals surface area (Å²) >= 11 is 0. The molecule has 0 aliphatic rings. The fourth-order valence-electron chi connectivity index (χ4n) is 5.28. The van der Waals surface area contributed by atoms with Crippen molar-refractivity contribution in [1.29, 1.82) is 0 Å². The summed E-state index contributed by atoms with van der Waals surface area (Å²) in [4.78, 5) is 41.1. The van der Waals surface area contributed by atoms with Crippen LogP contribution in [-0.4, -0.2) is 44.0 Å². The lowest BCUT2D eigenvalue weighted by Gasteiger charge is -2.26. The maximum Gasteiger partial charge on any atom is 0.328 e. The highest BCUT2D eigenvalue weighted by molar-refractivity contribution is 6.12. The van der Waals surface area contributed by atoms with E-state index >= 15 is 0 Å². The van der Waals surface area contributed by atoms with Crippen molar-refractivity contribution >= 4 is 29.0 Å². The predicted octanol–water partition coefficient (Wildman–Crippen LogP) is 7.35. The Balaban J connectivity index is 1.37. The van der Waals surface area contributed by atoms with Crippen LogP contribution in [0, 0.1) is 5.92 Å². The lowest BCUT2D eigenvalue weighted by atomic mass is 10.00. The zero-order valence-electron chi connectivity index (χ0n) is 26.3. The molecule has 0 aliphatic carbocycles. The molecule has 4 aromatic carbocycles. The molecule has 0 radical (unpaired) electrons. The highest BCUT2D eigenvalue weighted by Crippen LogP contribution is 2.23. The van der Waals surface area contributed by atoms with Crippen LogP contribution in [0.1, 0.15) is 54.6 Å². The Kier molecular flexibility index (Phi) is 12.3. The largest absolute Gasteiger partial charge is 0.494 e. The molecule has 0 saturated carbocycles. The van der Waals surface area contributed by atoms with E-state index in [0.717, 1.165) is 24.1 Å². The number of carbonyl (C=O) groups excluding carboxylic acids is 3. The number of ether oxygens (including phenoxy) is 2. The first-order valence-corrected chi connectivity index (χ1v) is 15.6. The van der Waals surface area contributed by atoms with Gasteiger partial charge in [0.15, 0.2) is 5.78 Å². The molecule has 4 aromatic rings. The maximum atomic E-state index is 13.2. The van der Waals surface area contributed by atoms with E-state index in [1.165, 1.54) is 7.11 Å². The van der Waals surface area contributed by atoms with Crippen molar-refractivity contribution in [3.05, 3.63) is 126 Å². The van der Waals surface area contributed by atoms with E-state index in [-0.39, 0.29) is 17.6 Å². The summed E-state index contributed by atoms with van der Waals surface area (Å²) in [6, 6.07) is 32.9. The number of ketones is 1. The monoisotopic (exact) mass is 606 g/mol. The maximum absolute atomic E-state index is 13.2. The first-order valence-electron chi connectivity index (χ1n) is 15.6. The summed E-state index contributed by atoms with van der Waals surface area (Å²) in [7, 11) is 1.35. The topological polar surface area (TPSA) is 84.9 Å². The minimum atomic E-state index is -0.705. The third-order valence-electron chi connectivity index (χ3n) is 7.85. The summed E-state index contributed by atoms with van der Waals surface area (Å²) in [5, 5.41) is 3.24. The fraction of sp³-hybridized carbons (Fsp3) is 0.289. The zero-order valence-corrected chi connectivity index (χ0v) is 26.3. The number of rotatable bonds is 16. The molecule has 0 bridgehead atoms. The van der Waals surface area contributed by atoms with Gasteiger partial charge in [-0.25, -0.2) is 4.79 Å². The normalized spacial score (nSPS) is 11.5. The first kappa shape index (κ1) is 33.0. The van der Waals surface area contributed by atoms with Gasteiger partial charge >= 0.3 is 5.97 Å². The van der Waals surface area contributed by atoms with Gasteiger partial charge in [0.05, 0.1) is 13.7 Å². The van der Waals surface area contributed by atoms with Gasteiger partial charge in [-0.3, -0.25) is 9.59 Å². The molecular weight excluding hydrogens is 564 g/mol. The van der Waals surface area contributed by atoms with Crippen LogP contribution in [0.4, 0.5) is 11.4 Å². The van der Waals surface area contributed by atoms with E-state index in [2.05, 4.69) is 19.2 Å². The van der Waals surface area contributed by atoms with E-state index in [0.29, 0.717) is 48.6 Å². The highest BCUT2D eigenvalue weighted by atomic mass is 16.5. The van der Waals surface area contributed by atoms with E-state index < -0.39 is 12.0 Å². The van der Waals surface area contributed by atoms with Gasteiger partial charge < -0.3 is 19.7 Å². The highest BCUT2D eigenvalue weighted by Gasteiger charge is 2.24. The average molecular weight is 607 g/mol. The van der Waals surface area contributed by atoms with Crippen molar-refractivity contribution < 1.29 is 23.9 Å². The Labute approximate surface area is 266 Å². The lowest BCUT2D eigenvalue weighted by Crippen LogP contribution is -2.37. The molecule has 1 N–H and O–H groups in total. The number of para-hydroxylation sites is 2. The third kappa shape index (κ3) is 9.05. The van der Waals surface area contributed by atoms with Crippen LogP contribution in [0.3, 0.4) is 0 Å². The van der Waals surface area contributed by atoms with Crippen molar-refractivity contribution in [1.82, 2.24) is 0 Å². The second-order valence-electron chi connectivity index (χ2n) is 10.8. The van der Waals surface area contributed by atoms with Crippen LogP contribution in [0.15, 0.2) is 109 Å². The van der Waals surface area contributed by atoms with E-state index in [1.807, 2.05) is 83.8 Å². The molecule has 1 atom stereocenters. The summed E-state index contributed by atoms with van der Waals surface area (Å²) in [5.41, 5.74) is 3.42. The van der Waals surface area contributed by atoms with Gasteiger partial charge in [0.1, 0.15) is 11.8 Å². The van der Waals surface area contributed by atoms with Crippen LogP contribution in [0.5, 0.6) is 5.75 Å². The molecule has 0 aromatic heterocycles. The van der Waals surface area contributed by atoms with Crippen LogP contribution >= 0.6 is 0 Å². The molecule has 0 saturated heterocycles. The number of hydrogen-bond donors (Lipinski definition) is 1. The molecule has 7 heteroatoms. The number of nitrogens with one attached hydrogen (secondary N) is 1. The Bertz CT molecular complexity index is 1520. The van der Waals surface area contributed by atoms with E-state index in [4.69, 9.17) is 9.47 Å². The van der Waals surface area contributed by atoms with E-state index in [9.17, 15) is 14.4 Å². The molecule has 0 fully saturated rings. The van der Waals surface area contributed by atoms with Gasteiger partial charge in [0.25, 0.3) is 0 Å².